The smallest absolute Gasteiger partial charge is 0.305 e. The molecule has 4 nitrogen and oxygen atoms in total. The van der Waals surface area contributed by atoms with Gasteiger partial charge in [-0.25, -0.2) is 0 Å². The molecule has 1 unspecified atom stereocenters. The third-order valence-electron chi connectivity index (χ3n) is 3.63. The predicted octanol–water partition coefficient (Wildman–Crippen LogP) is 4.40. The van der Waals surface area contributed by atoms with Crippen LogP contribution in [0.5, 0.6) is 0 Å². The van der Waals surface area contributed by atoms with E-state index in [2.05, 4.69) is 19.1 Å². The molecule has 0 saturated heterocycles. The van der Waals surface area contributed by atoms with Gasteiger partial charge in [0.1, 0.15) is 6.10 Å². The fourth-order valence-corrected chi connectivity index (χ4v) is 2.18. The number of hydrogen-bond acceptors (Lipinski definition) is 4. The molecule has 0 aliphatic rings. The van der Waals surface area contributed by atoms with Crippen molar-refractivity contribution in [1.82, 2.24) is 0 Å². The Hall–Kier alpha value is -0.870. The number of aliphatic hydroxyl groups excluding tert-OH is 1. The van der Waals surface area contributed by atoms with Crippen LogP contribution in [0.3, 0.4) is 0 Å². The molecular formula is C19H36O4. The van der Waals surface area contributed by atoms with Gasteiger partial charge in [-0.3, -0.25) is 4.79 Å². The van der Waals surface area contributed by atoms with E-state index >= 15 is 0 Å². The molecule has 0 spiro atoms. The SMILES string of the molecule is CCC/C=C\CCCCCCCCOCC(CO)OC(=O)CC. The number of aliphatic hydroxyl groups is 1. The zero-order valence-corrected chi connectivity index (χ0v) is 15.1. The number of esters is 1. The minimum atomic E-state index is -0.525. The Morgan fingerprint density at radius 3 is 2.30 bits per heavy atom. The molecule has 1 atom stereocenters. The molecule has 0 aromatic rings. The standard InChI is InChI=1S/C19H36O4/c1-3-5-6-7-8-9-10-11-12-13-14-15-22-17-18(16-20)23-19(21)4-2/h6-7,18,20H,3-5,8-17H2,1-2H3/b7-6-. The maximum absolute atomic E-state index is 11.1. The predicted molar refractivity (Wildman–Crippen MR) is 94.4 cm³/mol. The van der Waals surface area contributed by atoms with E-state index in [0.29, 0.717) is 13.0 Å². The molecule has 0 rings (SSSR count). The molecule has 23 heavy (non-hydrogen) atoms. The van der Waals surface area contributed by atoms with E-state index < -0.39 is 6.10 Å². The number of carbonyl (C=O) groups is 1. The summed E-state index contributed by atoms with van der Waals surface area (Å²) in [5.74, 6) is -0.294. The molecule has 0 saturated carbocycles. The highest BCUT2D eigenvalue weighted by molar-refractivity contribution is 5.69. The van der Waals surface area contributed by atoms with Crippen LogP contribution >= 0.6 is 0 Å². The molecule has 0 aromatic heterocycles. The maximum Gasteiger partial charge on any atom is 0.305 e. The third-order valence-corrected chi connectivity index (χ3v) is 3.63. The fourth-order valence-electron chi connectivity index (χ4n) is 2.18. The average molecular weight is 328 g/mol. The van der Waals surface area contributed by atoms with Crippen molar-refractivity contribution in [3.05, 3.63) is 12.2 Å². The van der Waals surface area contributed by atoms with Gasteiger partial charge in [-0.2, -0.15) is 0 Å². The maximum atomic E-state index is 11.1. The van der Waals surface area contributed by atoms with Crippen LogP contribution in [-0.2, 0) is 14.3 Å². The Balaban J connectivity index is 3.30. The van der Waals surface area contributed by atoms with Crippen LogP contribution in [0.4, 0.5) is 0 Å². The molecule has 0 fully saturated rings. The summed E-state index contributed by atoms with van der Waals surface area (Å²) in [6, 6.07) is 0. The zero-order chi connectivity index (χ0) is 17.2. The van der Waals surface area contributed by atoms with E-state index in [1.165, 1.54) is 51.4 Å². The van der Waals surface area contributed by atoms with Crippen molar-refractivity contribution in [2.75, 3.05) is 19.8 Å². The van der Waals surface area contributed by atoms with Crippen molar-refractivity contribution in [3.8, 4) is 0 Å². The van der Waals surface area contributed by atoms with Crippen LogP contribution in [-0.4, -0.2) is 37.0 Å². The number of carbonyl (C=O) groups excluding carboxylic acids is 1. The molecule has 0 heterocycles. The topological polar surface area (TPSA) is 55.8 Å². The lowest BCUT2D eigenvalue weighted by Crippen LogP contribution is -2.27. The molecule has 0 aromatic carbocycles. The second-order valence-electron chi connectivity index (χ2n) is 5.89. The van der Waals surface area contributed by atoms with Gasteiger partial charge in [-0.05, 0) is 25.7 Å². The average Bonchev–Trinajstić information content (AvgIpc) is 2.57. The minimum absolute atomic E-state index is 0.182. The van der Waals surface area contributed by atoms with Crippen molar-refractivity contribution < 1.29 is 19.4 Å². The zero-order valence-electron chi connectivity index (χ0n) is 15.1. The molecule has 1 N–H and O–H groups in total. The highest BCUT2D eigenvalue weighted by atomic mass is 16.6. The molecule has 0 bridgehead atoms. The molecule has 0 aliphatic heterocycles. The summed E-state index contributed by atoms with van der Waals surface area (Å²) in [6.07, 6.45) is 15.4. The van der Waals surface area contributed by atoms with Gasteiger partial charge in [-0.1, -0.05) is 58.1 Å². The van der Waals surface area contributed by atoms with Gasteiger partial charge >= 0.3 is 5.97 Å². The molecule has 0 amide bonds. The van der Waals surface area contributed by atoms with Gasteiger partial charge in [-0.15, -0.1) is 0 Å². The van der Waals surface area contributed by atoms with Crippen LogP contribution in [0.25, 0.3) is 0 Å². The Morgan fingerprint density at radius 2 is 1.65 bits per heavy atom. The summed E-state index contributed by atoms with van der Waals surface area (Å²) >= 11 is 0. The lowest BCUT2D eigenvalue weighted by atomic mass is 10.1. The normalized spacial score (nSPS) is 12.7. The van der Waals surface area contributed by atoms with Gasteiger partial charge in [0.05, 0.1) is 13.2 Å². The van der Waals surface area contributed by atoms with Crippen LogP contribution in [0.2, 0.25) is 0 Å². The van der Waals surface area contributed by atoms with E-state index in [1.54, 1.807) is 6.92 Å². The van der Waals surface area contributed by atoms with Crippen molar-refractivity contribution in [1.29, 1.82) is 0 Å². The molecule has 136 valence electrons. The van der Waals surface area contributed by atoms with Crippen molar-refractivity contribution >= 4 is 5.97 Å². The first kappa shape index (κ1) is 22.1. The van der Waals surface area contributed by atoms with E-state index in [9.17, 15) is 4.79 Å². The van der Waals surface area contributed by atoms with Gasteiger partial charge < -0.3 is 14.6 Å². The van der Waals surface area contributed by atoms with Gasteiger partial charge in [0, 0.05) is 13.0 Å². The van der Waals surface area contributed by atoms with Gasteiger partial charge in [0.2, 0.25) is 0 Å². The van der Waals surface area contributed by atoms with Gasteiger partial charge in [0.15, 0.2) is 0 Å². The van der Waals surface area contributed by atoms with Gasteiger partial charge in [0.25, 0.3) is 0 Å². The summed E-state index contributed by atoms with van der Waals surface area (Å²) in [5.41, 5.74) is 0. The Kier molecular flexibility index (Phi) is 16.8. The first-order chi connectivity index (χ1) is 11.2. The lowest BCUT2D eigenvalue weighted by Gasteiger charge is -2.15. The summed E-state index contributed by atoms with van der Waals surface area (Å²) in [7, 11) is 0. The van der Waals surface area contributed by atoms with Crippen LogP contribution in [0.15, 0.2) is 12.2 Å². The van der Waals surface area contributed by atoms with E-state index in [1.807, 2.05) is 0 Å². The summed E-state index contributed by atoms with van der Waals surface area (Å²) < 4.78 is 10.5. The summed E-state index contributed by atoms with van der Waals surface area (Å²) in [6.45, 7) is 4.71. The third kappa shape index (κ3) is 15.8. The Bertz CT molecular complexity index is 289. The largest absolute Gasteiger partial charge is 0.457 e. The first-order valence-electron chi connectivity index (χ1n) is 9.27. The van der Waals surface area contributed by atoms with Crippen molar-refractivity contribution in [3.63, 3.8) is 0 Å². The number of ether oxygens (including phenoxy) is 2. The van der Waals surface area contributed by atoms with Crippen LogP contribution < -0.4 is 0 Å². The summed E-state index contributed by atoms with van der Waals surface area (Å²) in [5, 5.41) is 9.10. The van der Waals surface area contributed by atoms with Crippen molar-refractivity contribution in [2.45, 2.75) is 84.2 Å². The molecule has 4 heteroatoms. The van der Waals surface area contributed by atoms with Crippen LogP contribution in [0, 0.1) is 0 Å². The first-order valence-corrected chi connectivity index (χ1v) is 9.27. The van der Waals surface area contributed by atoms with E-state index in [4.69, 9.17) is 14.6 Å². The number of unbranched alkanes of at least 4 members (excludes halogenated alkanes) is 7. The van der Waals surface area contributed by atoms with Crippen LogP contribution in [0.1, 0.15) is 78.1 Å². The lowest BCUT2D eigenvalue weighted by molar-refractivity contribution is -0.154. The Labute approximate surface area is 142 Å². The van der Waals surface area contributed by atoms with E-state index in [0.717, 1.165) is 6.42 Å². The molecular weight excluding hydrogens is 292 g/mol. The molecule has 0 aliphatic carbocycles. The highest BCUT2D eigenvalue weighted by Crippen LogP contribution is 2.08. The minimum Gasteiger partial charge on any atom is -0.457 e. The highest BCUT2D eigenvalue weighted by Gasteiger charge is 2.11. The quantitative estimate of drug-likeness (QED) is 0.259. The second-order valence-corrected chi connectivity index (χ2v) is 5.89. The molecule has 0 radical (unpaired) electrons. The number of allylic oxidation sites excluding steroid dienone is 2. The number of rotatable bonds is 16. The Morgan fingerprint density at radius 1 is 1.00 bits per heavy atom. The van der Waals surface area contributed by atoms with E-state index in [-0.39, 0.29) is 19.2 Å². The monoisotopic (exact) mass is 328 g/mol. The number of hydrogen-bond donors (Lipinski definition) is 1. The van der Waals surface area contributed by atoms with Crippen molar-refractivity contribution in [2.24, 2.45) is 0 Å². The summed E-state index contributed by atoms with van der Waals surface area (Å²) in [4.78, 5) is 11.1. The second kappa shape index (κ2) is 17.5. The fraction of sp³-hybridized carbons (Fsp3) is 0.842.